The molecule has 0 aliphatic carbocycles. The van der Waals surface area contributed by atoms with Crippen LogP contribution in [0.5, 0.6) is 0 Å². The van der Waals surface area contributed by atoms with Crippen molar-refractivity contribution in [3.8, 4) is 11.3 Å². The van der Waals surface area contributed by atoms with Gasteiger partial charge in [0.2, 0.25) is 0 Å². The number of fused-ring (bicyclic) bond motifs is 2. The number of nitrogens with two attached hydrogens (primary N) is 1. The highest BCUT2D eigenvalue weighted by Gasteiger charge is 2.20. The number of carbonyl (C=O) groups excluding carboxylic acids is 2. The van der Waals surface area contributed by atoms with Gasteiger partial charge in [-0.1, -0.05) is 40.2 Å². The molecule has 0 atom stereocenters. The summed E-state index contributed by atoms with van der Waals surface area (Å²) < 4.78 is 8.61. The van der Waals surface area contributed by atoms with Crippen molar-refractivity contribution in [3.63, 3.8) is 0 Å². The van der Waals surface area contributed by atoms with Crippen LogP contribution in [0.3, 0.4) is 0 Å². The lowest BCUT2D eigenvalue weighted by Crippen LogP contribution is -2.23. The van der Waals surface area contributed by atoms with E-state index in [1.165, 1.54) is 4.57 Å². The van der Waals surface area contributed by atoms with Crippen molar-refractivity contribution < 1.29 is 14.3 Å². The highest BCUT2D eigenvalue weighted by atomic mass is 127. The summed E-state index contributed by atoms with van der Waals surface area (Å²) in [7, 11) is 0. The minimum atomic E-state index is -0.473. The average molecular weight is 683 g/mol. The Labute approximate surface area is 241 Å². The molecule has 0 bridgehead atoms. The zero-order valence-corrected chi connectivity index (χ0v) is 24.2. The van der Waals surface area contributed by atoms with Crippen LogP contribution in [0, 0.1) is 3.57 Å². The van der Waals surface area contributed by atoms with Gasteiger partial charge >= 0.3 is 6.09 Å². The molecule has 0 aliphatic rings. The van der Waals surface area contributed by atoms with Gasteiger partial charge in [-0.3, -0.25) is 9.36 Å². The Bertz CT molecular complexity index is 1700. The van der Waals surface area contributed by atoms with Crippen LogP contribution < -0.4 is 11.1 Å². The first kappa shape index (κ1) is 26.3. The summed E-state index contributed by atoms with van der Waals surface area (Å²) in [5, 5.41) is 4.61. The lowest BCUT2D eigenvalue weighted by atomic mass is 10.0. The van der Waals surface area contributed by atoms with Crippen LogP contribution in [-0.2, 0) is 17.8 Å². The summed E-state index contributed by atoms with van der Waals surface area (Å²) >= 11 is 5.76. The van der Waals surface area contributed by atoms with E-state index in [-0.39, 0.29) is 12.5 Å². The molecule has 192 valence electrons. The Morgan fingerprint density at radius 2 is 1.87 bits per heavy atom. The van der Waals surface area contributed by atoms with E-state index in [1.807, 2.05) is 60.7 Å². The first-order valence-corrected chi connectivity index (χ1v) is 13.9. The third-order valence-corrected chi connectivity index (χ3v) is 7.37. The van der Waals surface area contributed by atoms with E-state index in [9.17, 15) is 9.59 Å². The quantitative estimate of drug-likeness (QED) is 0.196. The van der Waals surface area contributed by atoms with Gasteiger partial charge in [-0.05, 0) is 83.1 Å². The molecule has 0 radical (unpaired) electrons. The zero-order chi connectivity index (χ0) is 26.8. The van der Waals surface area contributed by atoms with Crippen molar-refractivity contribution in [1.82, 2.24) is 14.9 Å². The van der Waals surface area contributed by atoms with Gasteiger partial charge in [0.05, 0.1) is 28.9 Å². The largest absolute Gasteiger partial charge is 0.449 e. The second kappa shape index (κ2) is 11.2. The number of benzene rings is 3. The first-order chi connectivity index (χ1) is 18.4. The van der Waals surface area contributed by atoms with Gasteiger partial charge in [0.25, 0.3) is 5.91 Å². The average Bonchev–Trinajstić information content (AvgIpc) is 3.30. The number of halogens is 2. The Morgan fingerprint density at radius 3 is 2.66 bits per heavy atom. The van der Waals surface area contributed by atoms with Gasteiger partial charge in [-0.15, -0.1) is 0 Å². The van der Waals surface area contributed by atoms with E-state index in [0.717, 1.165) is 35.5 Å². The number of aromatic nitrogens is 2. The minimum absolute atomic E-state index is 0.214. The molecule has 2 aromatic heterocycles. The van der Waals surface area contributed by atoms with Crippen molar-refractivity contribution in [3.05, 3.63) is 97.7 Å². The molecule has 3 aromatic carbocycles. The summed E-state index contributed by atoms with van der Waals surface area (Å²) in [6.07, 6.45) is 1.25. The number of ether oxygens (including phenoxy) is 1. The molecule has 3 N–H and O–H groups in total. The molecular formula is C29H24BrIN4O3. The number of nitrogens with zero attached hydrogens (tertiary/aromatic N) is 2. The summed E-state index contributed by atoms with van der Waals surface area (Å²) in [6.45, 7) is 2.83. The fourth-order valence-corrected chi connectivity index (χ4v) is 5.27. The number of hydrogen-bond donors (Lipinski definition) is 2. The lowest BCUT2D eigenvalue weighted by Gasteiger charge is -2.11. The van der Waals surface area contributed by atoms with E-state index < -0.39 is 6.09 Å². The standard InChI is InChI=1S/C29H24BrIN4O3/c1-2-38-29(37)35-16-24(22-11-19(30)6-9-27(22)35)26-13-23(21-12-20(31)7-8-25(21)34-26)28(36)33-15-18-5-3-4-17(10-18)14-32/h3-13,16H,2,14-15,32H2,1H3,(H,33,36). The van der Waals surface area contributed by atoms with E-state index in [2.05, 4.69) is 43.8 Å². The van der Waals surface area contributed by atoms with E-state index in [1.54, 1.807) is 19.2 Å². The van der Waals surface area contributed by atoms with Gasteiger partial charge in [0.15, 0.2) is 0 Å². The smallest absolute Gasteiger partial charge is 0.418 e. The van der Waals surface area contributed by atoms with Crippen molar-refractivity contribution in [2.45, 2.75) is 20.0 Å². The van der Waals surface area contributed by atoms with Crippen molar-refractivity contribution in [2.24, 2.45) is 5.73 Å². The fourth-order valence-electron chi connectivity index (χ4n) is 4.42. The molecule has 0 unspecified atom stereocenters. The normalized spacial score (nSPS) is 11.2. The summed E-state index contributed by atoms with van der Waals surface area (Å²) in [6, 6.07) is 21.1. The molecule has 0 saturated carbocycles. The Morgan fingerprint density at radius 1 is 1.05 bits per heavy atom. The summed E-state index contributed by atoms with van der Waals surface area (Å²) in [5.41, 5.74) is 10.9. The SMILES string of the molecule is CCOC(=O)n1cc(-c2cc(C(=O)NCc3cccc(CN)c3)c3cc(I)ccc3n2)c2cc(Br)ccc21. The second-order valence-corrected chi connectivity index (χ2v) is 10.9. The Kier molecular flexibility index (Phi) is 7.78. The van der Waals surface area contributed by atoms with E-state index in [0.29, 0.717) is 35.4 Å². The monoisotopic (exact) mass is 682 g/mol. The number of amides is 1. The molecular weight excluding hydrogens is 659 g/mol. The highest BCUT2D eigenvalue weighted by Crippen LogP contribution is 2.34. The number of pyridine rings is 1. The molecule has 0 fully saturated rings. The maximum absolute atomic E-state index is 13.5. The molecule has 0 spiro atoms. The second-order valence-electron chi connectivity index (χ2n) is 8.70. The molecule has 7 nitrogen and oxygen atoms in total. The minimum Gasteiger partial charge on any atom is -0.449 e. The molecule has 9 heteroatoms. The van der Waals surface area contributed by atoms with Crippen LogP contribution in [0.2, 0.25) is 0 Å². The summed E-state index contributed by atoms with van der Waals surface area (Å²) in [4.78, 5) is 31.2. The maximum Gasteiger partial charge on any atom is 0.418 e. The lowest BCUT2D eigenvalue weighted by molar-refractivity contribution is 0.0952. The van der Waals surface area contributed by atoms with E-state index >= 15 is 0 Å². The fraction of sp³-hybridized carbons (Fsp3) is 0.138. The third-order valence-electron chi connectivity index (χ3n) is 6.20. The van der Waals surface area contributed by atoms with Gasteiger partial charge in [0.1, 0.15) is 0 Å². The zero-order valence-electron chi connectivity index (χ0n) is 20.5. The Balaban J connectivity index is 1.62. The number of rotatable bonds is 6. The molecule has 0 aliphatic heterocycles. The first-order valence-electron chi connectivity index (χ1n) is 12.0. The predicted octanol–water partition coefficient (Wildman–Crippen LogP) is 6.62. The summed E-state index contributed by atoms with van der Waals surface area (Å²) in [5.74, 6) is -0.214. The van der Waals surface area contributed by atoms with E-state index in [4.69, 9.17) is 15.5 Å². The van der Waals surface area contributed by atoms with Gasteiger partial charge in [-0.2, -0.15) is 0 Å². The van der Waals surface area contributed by atoms with Crippen LogP contribution >= 0.6 is 38.5 Å². The van der Waals surface area contributed by atoms with Crippen LogP contribution in [0.1, 0.15) is 28.4 Å². The molecule has 38 heavy (non-hydrogen) atoms. The molecule has 0 saturated heterocycles. The molecule has 1 amide bonds. The van der Waals surface area contributed by atoms with Crippen molar-refractivity contribution in [2.75, 3.05) is 6.61 Å². The maximum atomic E-state index is 13.5. The topological polar surface area (TPSA) is 99.2 Å². The number of nitrogens with one attached hydrogen (secondary N) is 1. The number of hydrogen-bond acceptors (Lipinski definition) is 5. The van der Waals surface area contributed by atoms with Crippen LogP contribution in [-0.4, -0.2) is 28.2 Å². The predicted molar refractivity (Wildman–Crippen MR) is 161 cm³/mol. The number of carbonyl (C=O) groups is 2. The van der Waals surface area contributed by atoms with Crippen LogP contribution in [0.15, 0.2) is 77.4 Å². The van der Waals surface area contributed by atoms with Gasteiger partial charge in [0, 0.05) is 43.7 Å². The van der Waals surface area contributed by atoms with Crippen LogP contribution in [0.4, 0.5) is 4.79 Å². The third kappa shape index (κ3) is 5.31. The van der Waals surface area contributed by atoms with Gasteiger partial charge in [-0.25, -0.2) is 9.78 Å². The van der Waals surface area contributed by atoms with Crippen molar-refractivity contribution >= 4 is 72.3 Å². The van der Waals surface area contributed by atoms with Gasteiger partial charge < -0.3 is 15.8 Å². The molecule has 5 aromatic rings. The van der Waals surface area contributed by atoms with Crippen molar-refractivity contribution in [1.29, 1.82) is 0 Å². The highest BCUT2D eigenvalue weighted by molar-refractivity contribution is 14.1. The van der Waals surface area contributed by atoms with Crippen LogP contribution in [0.25, 0.3) is 33.1 Å². The molecule has 2 heterocycles. The Hall–Kier alpha value is -3.28. The molecule has 5 rings (SSSR count).